The Hall–Kier alpha value is -0.130. The summed E-state index contributed by atoms with van der Waals surface area (Å²) in [7, 11) is -1.44. The van der Waals surface area contributed by atoms with Gasteiger partial charge in [-0.15, -0.1) is 0 Å². The molecular formula is C9H22N2O2S. The third kappa shape index (κ3) is 4.39. The maximum absolute atomic E-state index is 11.4. The molecule has 2 N–H and O–H groups in total. The molecule has 0 bridgehead atoms. The molecule has 4 nitrogen and oxygen atoms in total. The van der Waals surface area contributed by atoms with E-state index in [0.717, 1.165) is 0 Å². The van der Waals surface area contributed by atoms with Gasteiger partial charge in [0.25, 0.3) is 0 Å². The van der Waals surface area contributed by atoms with Crippen LogP contribution >= 0.6 is 0 Å². The van der Waals surface area contributed by atoms with Crippen molar-refractivity contribution in [3.8, 4) is 0 Å². The molecule has 0 saturated heterocycles. The van der Waals surface area contributed by atoms with Crippen LogP contribution in [0, 0.1) is 5.92 Å². The van der Waals surface area contributed by atoms with Crippen LogP contribution in [0.25, 0.3) is 0 Å². The molecule has 0 aliphatic heterocycles. The van der Waals surface area contributed by atoms with Gasteiger partial charge < -0.3 is 5.73 Å². The predicted molar refractivity (Wildman–Crippen MR) is 59.5 cm³/mol. The van der Waals surface area contributed by atoms with Gasteiger partial charge in [0, 0.05) is 19.6 Å². The van der Waals surface area contributed by atoms with Crippen molar-refractivity contribution in [1.82, 2.24) is 4.31 Å². The molecule has 0 heterocycles. The van der Waals surface area contributed by atoms with Crippen LogP contribution in [0.4, 0.5) is 0 Å². The molecule has 0 rings (SSSR count). The molecule has 0 spiro atoms. The summed E-state index contributed by atoms with van der Waals surface area (Å²) in [6, 6.07) is 0.0736. The van der Waals surface area contributed by atoms with E-state index in [4.69, 9.17) is 5.73 Å². The van der Waals surface area contributed by atoms with Crippen LogP contribution in [0.1, 0.15) is 27.2 Å². The Balaban J connectivity index is 4.04. The Morgan fingerprint density at radius 1 is 1.36 bits per heavy atom. The summed E-state index contributed by atoms with van der Waals surface area (Å²) in [5.74, 6) is 0.549. The number of hydrogen-bond acceptors (Lipinski definition) is 3. The summed E-state index contributed by atoms with van der Waals surface area (Å²) in [4.78, 5) is 0. The lowest BCUT2D eigenvalue weighted by Crippen LogP contribution is -2.35. The molecule has 5 heteroatoms. The second-order valence-electron chi connectivity index (χ2n) is 3.92. The van der Waals surface area contributed by atoms with Crippen LogP contribution in [-0.4, -0.2) is 38.1 Å². The first kappa shape index (κ1) is 13.9. The van der Waals surface area contributed by atoms with E-state index in [1.54, 1.807) is 14.0 Å². The number of nitrogens with zero attached hydrogens (tertiary/aromatic N) is 1. The van der Waals surface area contributed by atoms with Gasteiger partial charge in [-0.2, -0.15) is 0 Å². The van der Waals surface area contributed by atoms with Crippen molar-refractivity contribution in [2.45, 2.75) is 33.2 Å². The van der Waals surface area contributed by atoms with Crippen molar-refractivity contribution < 1.29 is 8.42 Å². The van der Waals surface area contributed by atoms with Gasteiger partial charge in [-0.25, -0.2) is 12.7 Å². The maximum atomic E-state index is 11.4. The highest BCUT2D eigenvalue weighted by molar-refractivity contribution is 7.89. The first-order chi connectivity index (χ1) is 6.31. The Labute approximate surface area is 87.5 Å². The van der Waals surface area contributed by atoms with Crippen molar-refractivity contribution in [3.05, 3.63) is 0 Å². The topological polar surface area (TPSA) is 63.4 Å². The fraction of sp³-hybridized carbons (Fsp3) is 1.00. The predicted octanol–water partition coefficient (Wildman–Crippen LogP) is 0.641. The molecule has 0 radical (unpaired) electrons. The van der Waals surface area contributed by atoms with Crippen LogP contribution in [-0.2, 0) is 10.0 Å². The minimum absolute atomic E-state index is 0.0736. The minimum Gasteiger partial charge on any atom is -0.327 e. The van der Waals surface area contributed by atoms with E-state index in [-0.39, 0.29) is 11.8 Å². The van der Waals surface area contributed by atoms with Crippen molar-refractivity contribution in [2.75, 3.05) is 19.3 Å². The second kappa shape index (κ2) is 5.68. The highest BCUT2D eigenvalue weighted by Gasteiger charge is 2.16. The summed E-state index contributed by atoms with van der Waals surface area (Å²) < 4.78 is 24.1. The number of hydrogen-bond donors (Lipinski definition) is 1. The van der Waals surface area contributed by atoms with E-state index in [1.165, 1.54) is 4.31 Å². The van der Waals surface area contributed by atoms with Crippen molar-refractivity contribution in [3.63, 3.8) is 0 Å². The van der Waals surface area contributed by atoms with Gasteiger partial charge in [-0.1, -0.05) is 13.8 Å². The molecule has 0 fully saturated rings. The molecule has 1 unspecified atom stereocenters. The highest BCUT2D eigenvalue weighted by atomic mass is 32.2. The molecule has 1 atom stereocenters. The fourth-order valence-corrected chi connectivity index (χ4v) is 1.85. The Morgan fingerprint density at radius 3 is 2.21 bits per heavy atom. The van der Waals surface area contributed by atoms with E-state index in [9.17, 15) is 8.42 Å². The third-order valence-electron chi connectivity index (χ3n) is 2.47. The van der Waals surface area contributed by atoms with Gasteiger partial charge in [0.1, 0.15) is 0 Å². The van der Waals surface area contributed by atoms with Crippen molar-refractivity contribution in [1.29, 1.82) is 0 Å². The normalized spacial score (nSPS) is 15.1. The zero-order valence-electron chi connectivity index (χ0n) is 9.53. The lowest BCUT2D eigenvalue weighted by Gasteiger charge is -2.20. The maximum Gasteiger partial charge on any atom is 0.213 e. The van der Waals surface area contributed by atoms with Gasteiger partial charge in [0.2, 0.25) is 10.0 Å². The van der Waals surface area contributed by atoms with Crippen LogP contribution in [0.15, 0.2) is 0 Å². The molecule has 0 amide bonds. The van der Waals surface area contributed by atoms with Crippen LogP contribution in [0.3, 0.4) is 0 Å². The molecular weight excluding hydrogens is 200 g/mol. The summed E-state index contributed by atoms with van der Waals surface area (Å²) >= 11 is 0. The summed E-state index contributed by atoms with van der Waals surface area (Å²) in [6.45, 7) is 6.24. The molecule has 14 heavy (non-hydrogen) atoms. The SMILES string of the molecule is CCS(=O)(=O)N(C)CCC(N)C(C)C. The summed E-state index contributed by atoms with van der Waals surface area (Å²) in [5.41, 5.74) is 5.83. The molecule has 0 aliphatic carbocycles. The van der Waals surface area contributed by atoms with E-state index >= 15 is 0 Å². The van der Waals surface area contributed by atoms with E-state index < -0.39 is 10.0 Å². The third-order valence-corrected chi connectivity index (χ3v) is 4.34. The first-order valence-corrected chi connectivity index (χ1v) is 6.61. The largest absolute Gasteiger partial charge is 0.327 e. The van der Waals surface area contributed by atoms with Gasteiger partial charge >= 0.3 is 0 Å². The van der Waals surface area contributed by atoms with Gasteiger partial charge in [0.05, 0.1) is 5.75 Å². The monoisotopic (exact) mass is 222 g/mol. The first-order valence-electron chi connectivity index (χ1n) is 5.00. The van der Waals surface area contributed by atoms with Gasteiger partial charge in [0.15, 0.2) is 0 Å². The molecule has 0 aliphatic rings. The number of sulfonamides is 1. The van der Waals surface area contributed by atoms with Crippen LogP contribution in [0.5, 0.6) is 0 Å². The summed E-state index contributed by atoms with van der Waals surface area (Å²) in [6.07, 6.45) is 0.716. The van der Waals surface area contributed by atoms with Crippen LogP contribution < -0.4 is 5.73 Å². The van der Waals surface area contributed by atoms with E-state index in [1.807, 2.05) is 13.8 Å². The lowest BCUT2D eigenvalue weighted by atomic mass is 10.0. The van der Waals surface area contributed by atoms with E-state index in [0.29, 0.717) is 18.9 Å². The summed E-state index contributed by atoms with van der Waals surface area (Å²) in [5, 5.41) is 0. The molecule has 0 aromatic heterocycles. The Bertz CT molecular complexity index is 250. The molecule has 0 saturated carbocycles. The van der Waals surface area contributed by atoms with Gasteiger partial charge in [-0.05, 0) is 19.3 Å². The minimum atomic E-state index is -3.04. The van der Waals surface area contributed by atoms with Crippen molar-refractivity contribution in [2.24, 2.45) is 11.7 Å². The van der Waals surface area contributed by atoms with Gasteiger partial charge in [-0.3, -0.25) is 0 Å². The zero-order valence-corrected chi connectivity index (χ0v) is 10.3. The molecule has 0 aromatic carbocycles. The lowest BCUT2D eigenvalue weighted by molar-refractivity contribution is 0.398. The number of rotatable bonds is 6. The Morgan fingerprint density at radius 2 is 1.86 bits per heavy atom. The molecule has 0 aromatic rings. The number of nitrogens with two attached hydrogens (primary N) is 1. The average Bonchev–Trinajstić information content (AvgIpc) is 2.13. The molecule has 86 valence electrons. The second-order valence-corrected chi connectivity index (χ2v) is 6.28. The Kier molecular flexibility index (Phi) is 5.63. The zero-order chi connectivity index (χ0) is 11.4. The quantitative estimate of drug-likeness (QED) is 0.717. The van der Waals surface area contributed by atoms with Crippen molar-refractivity contribution >= 4 is 10.0 Å². The average molecular weight is 222 g/mol. The van der Waals surface area contributed by atoms with E-state index in [2.05, 4.69) is 0 Å². The fourth-order valence-electron chi connectivity index (χ4n) is 1.02. The standard InChI is InChI=1S/C9H22N2O2S/c1-5-14(12,13)11(4)7-6-9(10)8(2)3/h8-9H,5-7,10H2,1-4H3. The highest BCUT2D eigenvalue weighted by Crippen LogP contribution is 2.06. The smallest absolute Gasteiger partial charge is 0.213 e. The van der Waals surface area contributed by atoms with Crippen LogP contribution in [0.2, 0.25) is 0 Å².